The van der Waals surface area contributed by atoms with Gasteiger partial charge in [0, 0.05) is 18.2 Å². The van der Waals surface area contributed by atoms with Crippen molar-refractivity contribution in [3.05, 3.63) is 34.4 Å². The summed E-state index contributed by atoms with van der Waals surface area (Å²) in [6.07, 6.45) is 3.66. The zero-order valence-corrected chi connectivity index (χ0v) is 12.4. The molecule has 7 nitrogen and oxygen atoms in total. The molecule has 0 radical (unpaired) electrons. The van der Waals surface area contributed by atoms with Crippen molar-refractivity contribution in [1.29, 1.82) is 0 Å². The molecule has 2 rings (SSSR count). The molecule has 21 heavy (non-hydrogen) atoms. The highest BCUT2D eigenvalue weighted by molar-refractivity contribution is 7.89. The van der Waals surface area contributed by atoms with Crippen molar-refractivity contribution < 1.29 is 13.3 Å². The molecule has 1 aliphatic rings. The summed E-state index contributed by atoms with van der Waals surface area (Å²) >= 11 is 0. The Hall–Kier alpha value is -1.51. The van der Waals surface area contributed by atoms with E-state index in [1.54, 1.807) is 0 Å². The number of non-ortho nitro benzene ring substituents is 1. The molecule has 0 aliphatic heterocycles. The zero-order chi connectivity index (χ0) is 15.5. The molecule has 2 unspecified atom stereocenters. The number of hydrogen-bond donors (Lipinski definition) is 2. The number of nitro benzene ring substituents is 1. The molecule has 116 valence electrons. The summed E-state index contributed by atoms with van der Waals surface area (Å²) in [5.74, 6) is 0.118. The van der Waals surface area contributed by atoms with Crippen LogP contribution in [0.5, 0.6) is 0 Å². The molecule has 3 N–H and O–H groups in total. The number of sulfonamides is 1. The Morgan fingerprint density at radius 2 is 2.05 bits per heavy atom. The summed E-state index contributed by atoms with van der Waals surface area (Å²) in [4.78, 5) is 10.0. The zero-order valence-electron chi connectivity index (χ0n) is 11.6. The summed E-state index contributed by atoms with van der Waals surface area (Å²) in [7, 11) is -3.77. The van der Waals surface area contributed by atoms with Crippen LogP contribution in [0.1, 0.15) is 25.7 Å². The first-order valence-electron chi connectivity index (χ1n) is 6.91. The molecule has 0 bridgehead atoms. The fraction of sp³-hybridized carbons (Fsp3) is 0.538. The Bertz CT molecular complexity index is 618. The van der Waals surface area contributed by atoms with E-state index in [1.807, 2.05) is 0 Å². The van der Waals surface area contributed by atoms with Crippen LogP contribution in [0.4, 0.5) is 5.69 Å². The Labute approximate surface area is 123 Å². The van der Waals surface area contributed by atoms with Crippen molar-refractivity contribution >= 4 is 15.7 Å². The van der Waals surface area contributed by atoms with Gasteiger partial charge in [0.05, 0.1) is 9.82 Å². The van der Waals surface area contributed by atoms with E-state index < -0.39 is 14.9 Å². The Kier molecular flexibility index (Phi) is 4.92. The van der Waals surface area contributed by atoms with E-state index in [9.17, 15) is 18.5 Å². The van der Waals surface area contributed by atoms with Crippen molar-refractivity contribution in [2.24, 2.45) is 11.7 Å². The van der Waals surface area contributed by atoms with Gasteiger partial charge in [-0.1, -0.05) is 18.9 Å². The Morgan fingerprint density at radius 1 is 1.33 bits per heavy atom. The molecule has 8 heteroatoms. The van der Waals surface area contributed by atoms with Gasteiger partial charge >= 0.3 is 0 Å². The Morgan fingerprint density at radius 3 is 2.71 bits per heavy atom. The average Bonchev–Trinajstić information content (AvgIpc) is 2.47. The molecule has 0 amide bonds. The van der Waals surface area contributed by atoms with E-state index in [4.69, 9.17) is 5.73 Å². The predicted molar refractivity (Wildman–Crippen MR) is 78.2 cm³/mol. The number of nitrogens with two attached hydrogens (primary N) is 1. The monoisotopic (exact) mass is 313 g/mol. The highest BCUT2D eigenvalue weighted by atomic mass is 32.2. The van der Waals surface area contributed by atoms with Crippen molar-refractivity contribution in [2.45, 2.75) is 36.6 Å². The van der Waals surface area contributed by atoms with Crippen LogP contribution >= 0.6 is 0 Å². The maximum Gasteiger partial charge on any atom is 0.270 e. The van der Waals surface area contributed by atoms with E-state index in [-0.39, 0.29) is 22.5 Å². The molecule has 1 saturated carbocycles. The molecular formula is C13H19N3O4S. The van der Waals surface area contributed by atoms with Crippen LogP contribution in [0.3, 0.4) is 0 Å². The minimum Gasteiger partial charge on any atom is -0.330 e. The van der Waals surface area contributed by atoms with Gasteiger partial charge in [0.1, 0.15) is 0 Å². The lowest BCUT2D eigenvalue weighted by molar-refractivity contribution is -0.385. The SMILES string of the molecule is NCC1CCCCC1NS(=O)(=O)c1cccc([N+](=O)[O-])c1. The number of nitrogens with zero attached hydrogens (tertiary/aromatic N) is 1. The van der Waals surface area contributed by atoms with E-state index in [0.717, 1.165) is 31.7 Å². The van der Waals surface area contributed by atoms with E-state index >= 15 is 0 Å². The van der Waals surface area contributed by atoms with Gasteiger partial charge in [-0.2, -0.15) is 0 Å². The topological polar surface area (TPSA) is 115 Å². The number of benzene rings is 1. The molecular weight excluding hydrogens is 294 g/mol. The normalized spacial score (nSPS) is 22.9. The minimum atomic E-state index is -3.77. The van der Waals surface area contributed by atoms with Gasteiger partial charge in [0.2, 0.25) is 10.0 Å². The maximum absolute atomic E-state index is 12.4. The summed E-state index contributed by atoms with van der Waals surface area (Å²) in [5, 5.41) is 10.7. The lowest BCUT2D eigenvalue weighted by atomic mass is 9.85. The number of nitrogens with one attached hydrogen (secondary N) is 1. The smallest absolute Gasteiger partial charge is 0.270 e. The highest BCUT2D eigenvalue weighted by Gasteiger charge is 2.29. The van der Waals surface area contributed by atoms with Gasteiger partial charge in [-0.3, -0.25) is 10.1 Å². The lowest BCUT2D eigenvalue weighted by Gasteiger charge is -2.31. The van der Waals surface area contributed by atoms with Crippen molar-refractivity contribution in [3.8, 4) is 0 Å². The van der Waals surface area contributed by atoms with Gasteiger partial charge in [-0.25, -0.2) is 13.1 Å². The van der Waals surface area contributed by atoms with Crippen LogP contribution in [-0.4, -0.2) is 25.9 Å². The number of hydrogen-bond acceptors (Lipinski definition) is 5. The van der Waals surface area contributed by atoms with Crippen LogP contribution in [-0.2, 0) is 10.0 Å². The summed E-state index contributed by atoms with van der Waals surface area (Å²) in [6.45, 7) is 0.433. The van der Waals surface area contributed by atoms with E-state index in [2.05, 4.69) is 4.72 Å². The number of rotatable bonds is 5. The minimum absolute atomic E-state index is 0.0851. The third kappa shape index (κ3) is 3.78. The van der Waals surface area contributed by atoms with Gasteiger partial charge < -0.3 is 5.73 Å². The first kappa shape index (κ1) is 15.9. The van der Waals surface area contributed by atoms with E-state index in [0.29, 0.717) is 6.54 Å². The second kappa shape index (κ2) is 6.50. The van der Waals surface area contributed by atoms with E-state index in [1.165, 1.54) is 18.2 Å². The van der Waals surface area contributed by atoms with Crippen LogP contribution in [0.15, 0.2) is 29.2 Å². The average molecular weight is 313 g/mol. The second-order valence-corrected chi connectivity index (χ2v) is 6.98. The van der Waals surface area contributed by atoms with Gasteiger partial charge in [0.25, 0.3) is 5.69 Å². The van der Waals surface area contributed by atoms with Gasteiger partial charge in [0.15, 0.2) is 0 Å². The highest BCUT2D eigenvalue weighted by Crippen LogP contribution is 2.25. The summed E-state index contributed by atoms with van der Waals surface area (Å²) in [5.41, 5.74) is 5.45. The first-order chi connectivity index (χ1) is 9.94. The lowest BCUT2D eigenvalue weighted by Crippen LogP contribution is -2.44. The molecule has 1 fully saturated rings. The molecule has 0 spiro atoms. The summed E-state index contributed by atoms with van der Waals surface area (Å²) < 4.78 is 27.4. The molecule has 0 aromatic heterocycles. The quantitative estimate of drug-likeness (QED) is 0.629. The van der Waals surface area contributed by atoms with Crippen LogP contribution in [0.2, 0.25) is 0 Å². The maximum atomic E-state index is 12.4. The fourth-order valence-corrected chi connectivity index (χ4v) is 4.06. The predicted octanol–water partition coefficient (Wildman–Crippen LogP) is 1.39. The molecule has 2 atom stereocenters. The standard InChI is InChI=1S/C13H19N3O4S/c14-9-10-4-1-2-7-13(10)15-21(19,20)12-6-3-5-11(8-12)16(17)18/h3,5-6,8,10,13,15H,1-2,4,7,9,14H2. The van der Waals surface area contributed by atoms with Gasteiger partial charge in [-0.05, 0) is 31.4 Å². The first-order valence-corrected chi connectivity index (χ1v) is 8.39. The van der Waals surface area contributed by atoms with Crippen LogP contribution in [0, 0.1) is 16.0 Å². The third-order valence-corrected chi connectivity index (χ3v) is 5.34. The molecule has 0 heterocycles. The number of nitro groups is 1. The van der Waals surface area contributed by atoms with Gasteiger partial charge in [-0.15, -0.1) is 0 Å². The largest absolute Gasteiger partial charge is 0.330 e. The molecule has 1 aliphatic carbocycles. The van der Waals surface area contributed by atoms with Crippen molar-refractivity contribution in [1.82, 2.24) is 4.72 Å². The third-order valence-electron chi connectivity index (χ3n) is 3.86. The van der Waals surface area contributed by atoms with Crippen LogP contribution in [0.25, 0.3) is 0 Å². The van der Waals surface area contributed by atoms with Crippen molar-refractivity contribution in [3.63, 3.8) is 0 Å². The molecule has 1 aromatic carbocycles. The van der Waals surface area contributed by atoms with Crippen LogP contribution < -0.4 is 10.5 Å². The van der Waals surface area contributed by atoms with Crippen molar-refractivity contribution in [2.75, 3.05) is 6.54 Å². The fourth-order valence-electron chi connectivity index (χ4n) is 2.68. The second-order valence-electron chi connectivity index (χ2n) is 5.26. The molecule has 0 saturated heterocycles. The molecule has 1 aromatic rings. The summed E-state index contributed by atoms with van der Waals surface area (Å²) in [6, 6.07) is 4.86. The Balaban J connectivity index is 2.21.